The van der Waals surface area contributed by atoms with Gasteiger partial charge in [0, 0.05) is 38.3 Å². The van der Waals surface area contributed by atoms with E-state index < -0.39 is 0 Å². The molecule has 1 aromatic carbocycles. The first kappa shape index (κ1) is 25.7. The number of nitrogens with one attached hydrogen (secondary N) is 2. The Morgan fingerprint density at radius 3 is 2.78 bits per heavy atom. The van der Waals surface area contributed by atoms with Crippen LogP contribution in [0, 0.1) is 0 Å². The quantitative estimate of drug-likeness (QED) is 0.389. The summed E-state index contributed by atoms with van der Waals surface area (Å²) in [6.07, 6.45) is 3.33. The molecular weight excluding hydrogens is 488 g/mol. The van der Waals surface area contributed by atoms with E-state index in [2.05, 4.69) is 25.5 Å². The predicted molar refractivity (Wildman–Crippen MR) is 137 cm³/mol. The summed E-state index contributed by atoms with van der Waals surface area (Å²) >= 11 is 6.39. The number of aliphatic hydroxyl groups is 1. The Balaban J connectivity index is 1.53. The van der Waals surface area contributed by atoms with E-state index in [1.165, 1.54) is 11.6 Å². The first-order valence-electron chi connectivity index (χ1n) is 11.6. The molecule has 12 heteroatoms. The summed E-state index contributed by atoms with van der Waals surface area (Å²) < 4.78 is 12.5. The van der Waals surface area contributed by atoms with Crippen LogP contribution in [0.25, 0.3) is 10.9 Å². The van der Waals surface area contributed by atoms with Gasteiger partial charge in [-0.05, 0) is 37.1 Å². The molecule has 2 aromatic heterocycles. The standard InChI is InChI=1S/C24H29ClN6O5/c1-26-21(33)14-36-20-12-15-11-16(3-4-19(15)30(2)23(20)34)28-22-18(25)13-27-24(29-22)31-7-5-17(6-8-31)35-10-9-32/h3-4,11-13,17,32H,5-10,14H2,1-2H3,(H,26,33)(H,27,28,29). The van der Waals surface area contributed by atoms with Crippen molar-refractivity contribution >= 4 is 45.9 Å². The molecule has 0 atom stereocenters. The van der Waals surface area contributed by atoms with Crippen molar-refractivity contribution in [2.24, 2.45) is 7.05 Å². The molecule has 3 N–H and O–H groups in total. The third kappa shape index (κ3) is 5.86. The average molecular weight is 517 g/mol. The highest BCUT2D eigenvalue weighted by Crippen LogP contribution is 2.28. The molecule has 0 bridgehead atoms. The van der Waals surface area contributed by atoms with Crippen molar-refractivity contribution < 1.29 is 19.4 Å². The number of hydrogen-bond donors (Lipinski definition) is 3. The molecule has 1 aliphatic rings. The van der Waals surface area contributed by atoms with Gasteiger partial charge >= 0.3 is 0 Å². The summed E-state index contributed by atoms with van der Waals surface area (Å²) in [5.74, 6) is 0.777. The third-order valence-electron chi connectivity index (χ3n) is 5.99. The molecule has 0 saturated carbocycles. The Labute approximate surface area is 213 Å². The number of amides is 1. The van der Waals surface area contributed by atoms with Crippen LogP contribution in [0.3, 0.4) is 0 Å². The number of hydrogen-bond acceptors (Lipinski definition) is 9. The topological polar surface area (TPSA) is 131 Å². The monoisotopic (exact) mass is 516 g/mol. The Bertz CT molecular complexity index is 1290. The van der Waals surface area contributed by atoms with Gasteiger partial charge in [0.15, 0.2) is 18.2 Å². The number of carbonyl (C=O) groups excluding carboxylic acids is 1. The fraction of sp³-hybridized carbons (Fsp3) is 0.417. The number of rotatable bonds is 9. The summed E-state index contributed by atoms with van der Waals surface area (Å²) in [6, 6.07) is 7.11. The number of piperidine rings is 1. The molecule has 36 heavy (non-hydrogen) atoms. The number of likely N-dealkylation sites (N-methyl/N-ethyl adjacent to an activating group) is 1. The van der Waals surface area contributed by atoms with Crippen LogP contribution in [-0.4, -0.2) is 71.6 Å². The maximum atomic E-state index is 12.6. The lowest BCUT2D eigenvalue weighted by atomic mass is 10.1. The van der Waals surface area contributed by atoms with E-state index in [9.17, 15) is 9.59 Å². The number of aryl methyl sites for hydroxylation is 1. The molecule has 11 nitrogen and oxygen atoms in total. The number of aliphatic hydroxyl groups excluding tert-OH is 1. The molecule has 4 rings (SSSR count). The second kappa shape index (κ2) is 11.5. The highest BCUT2D eigenvalue weighted by molar-refractivity contribution is 6.32. The summed E-state index contributed by atoms with van der Waals surface area (Å²) in [5.41, 5.74) is 1.08. The van der Waals surface area contributed by atoms with Gasteiger partial charge in [0.25, 0.3) is 11.5 Å². The van der Waals surface area contributed by atoms with E-state index in [1.807, 2.05) is 18.2 Å². The van der Waals surface area contributed by atoms with Crippen molar-refractivity contribution in [3.05, 3.63) is 45.8 Å². The normalized spacial score (nSPS) is 14.2. The molecule has 1 aliphatic heterocycles. The minimum atomic E-state index is -0.332. The zero-order valence-corrected chi connectivity index (χ0v) is 20.9. The molecule has 3 heterocycles. The zero-order valence-electron chi connectivity index (χ0n) is 20.2. The number of aromatic nitrogens is 3. The highest BCUT2D eigenvalue weighted by Gasteiger charge is 2.22. The van der Waals surface area contributed by atoms with Gasteiger partial charge in [0.05, 0.1) is 31.0 Å². The minimum Gasteiger partial charge on any atom is -0.478 e. The van der Waals surface area contributed by atoms with E-state index in [1.54, 1.807) is 19.3 Å². The molecule has 1 fully saturated rings. The van der Waals surface area contributed by atoms with Crippen LogP contribution in [-0.2, 0) is 16.6 Å². The van der Waals surface area contributed by atoms with E-state index >= 15 is 0 Å². The van der Waals surface area contributed by atoms with Gasteiger partial charge in [-0.15, -0.1) is 0 Å². The van der Waals surface area contributed by atoms with Crippen LogP contribution in [0.5, 0.6) is 5.75 Å². The molecule has 1 amide bonds. The largest absolute Gasteiger partial charge is 0.478 e. The molecule has 0 spiro atoms. The minimum absolute atomic E-state index is 0.0188. The van der Waals surface area contributed by atoms with Gasteiger partial charge < -0.3 is 34.7 Å². The number of carbonyl (C=O) groups is 1. The maximum absolute atomic E-state index is 12.6. The van der Waals surface area contributed by atoms with E-state index in [4.69, 9.17) is 26.2 Å². The predicted octanol–water partition coefficient (Wildman–Crippen LogP) is 1.83. The number of halogens is 1. The maximum Gasteiger partial charge on any atom is 0.293 e. The molecule has 0 radical (unpaired) electrons. The van der Waals surface area contributed by atoms with Crippen molar-refractivity contribution in [2.45, 2.75) is 18.9 Å². The van der Waals surface area contributed by atoms with E-state index in [-0.39, 0.29) is 36.5 Å². The number of ether oxygens (including phenoxy) is 2. The summed E-state index contributed by atoms with van der Waals surface area (Å²) in [5, 5.41) is 15.8. The highest BCUT2D eigenvalue weighted by atomic mass is 35.5. The van der Waals surface area contributed by atoms with Crippen molar-refractivity contribution in [3.63, 3.8) is 0 Å². The van der Waals surface area contributed by atoms with Gasteiger partial charge in [-0.3, -0.25) is 9.59 Å². The van der Waals surface area contributed by atoms with Crippen LogP contribution in [0.4, 0.5) is 17.5 Å². The third-order valence-corrected chi connectivity index (χ3v) is 6.27. The lowest BCUT2D eigenvalue weighted by Crippen LogP contribution is -2.38. The summed E-state index contributed by atoms with van der Waals surface area (Å²) in [6.45, 7) is 1.59. The second-order valence-corrected chi connectivity index (χ2v) is 8.79. The Morgan fingerprint density at radius 1 is 1.28 bits per heavy atom. The van der Waals surface area contributed by atoms with Crippen LogP contribution < -0.4 is 25.8 Å². The SMILES string of the molecule is CNC(=O)COc1cc2cc(Nc3nc(N4CCC(OCCO)CC4)ncc3Cl)ccc2n(C)c1=O. The second-order valence-electron chi connectivity index (χ2n) is 8.38. The summed E-state index contributed by atoms with van der Waals surface area (Å²) in [4.78, 5) is 35.2. The number of pyridine rings is 1. The van der Waals surface area contributed by atoms with Gasteiger partial charge in [0.1, 0.15) is 5.02 Å². The van der Waals surface area contributed by atoms with E-state index in [0.29, 0.717) is 34.6 Å². The molecule has 192 valence electrons. The van der Waals surface area contributed by atoms with Gasteiger partial charge in [0.2, 0.25) is 5.95 Å². The van der Waals surface area contributed by atoms with Crippen molar-refractivity contribution in [2.75, 3.05) is 50.2 Å². The van der Waals surface area contributed by atoms with Gasteiger partial charge in [-0.2, -0.15) is 4.98 Å². The first-order chi connectivity index (χ1) is 17.4. The lowest BCUT2D eigenvalue weighted by Gasteiger charge is -2.32. The smallest absolute Gasteiger partial charge is 0.293 e. The fourth-order valence-corrected chi connectivity index (χ4v) is 4.16. The zero-order chi connectivity index (χ0) is 25.7. The molecule has 0 aliphatic carbocycles. The molecule has 0 unspecified atom stereocenters. The first-order valence-corrected chi connectivity index (χ1v) is 12.0. The van der Waals surface area contributed by atoms with Gasteiger partial charge in [-0.25, -0.2) is 4.98 Å². The van der Waals surface area contributed by atoms with Crippen LogP contribution in [0.15, 0.2) is 35.3 Å². The lowest BCUT2D eigenvalue weighted by molar-refractivity contribution is -0.122. The van der Waals surface area contributed by atoms with Crippen molar-refractivity contribution in [1.29, 1.82) is 0 Å². The number of fused-ring (bicyclic) bond motifs is 1. The van der Waals surface area contributed by atoms with Crippen LogP contribution in [0.1, 0.15) is 12.8 Å². The van der Waals surface area contributed by atoms with Crippen LogP contribution >= 0.6 is 11.6 Å². The van der Waals surface area contributed by atoms with Gasteiger partial charge in [-0.1, -0.05) is 11.6 Å². The van der Waals surface area contributed by atoms with Crippen LogP contribution in [0.2, 0.25) is 5.02 Å². The van der Waals surface area contributed by atoms with Crippen molar-refractivity contribution in [1.82, 2.24) is 19.9 Å². The number of benzene rings is 1. The Morgan fingerprint density at radius 2 is 2.06 bits per heavy atom. The van der Waals surface area contributed by atoms with Crippen molar-refractivity contribution in [3.8, 4) is 5.75 Å². The Kier molecular flexibility index (Phi) is 8.24. The average Bonchev–Trinajstić information content (AvgIpc) is 2.90. The Hall–Kier alpha value is -3.41. The molecule has 1 saturated heterocycles. The molecule has 3 aromatic rings. The fourth-order valence-electron chi connectivity index (χ4n) is 4.03. The molecular formula is C24H29ClN6O5. The number of anilines is 3. The number of nitrogens with zero attached hydrogens (tertiary/aromatic N) is 4. The summed E-state index contributed by atoms with van der Waals surface area (Å²) in [7, 11) is 3.15. The van der Waals surface area contributed by atoms with E-state index in [0.717, 1.165) is 31.3 Å².